The molecule has 1 aromatic carbocycles. The molecule has 0 amide bonds. The Morgan fingerprint density at radius 1 is 1.15 bits per heavy atom. The summed E-state index contributed by atoms with van der Waals surface area (Å²) >= 11 is 0. The standard InChI is InChI=1S/C17H19N3/c1-3-4-8-14-11-17-16(12-18-14)13(2)19-20(17)15-9-6-5-7-10-15/h5-7,9-12H,3-4,8H2,1-2H3. The number of nitrogens with zero attached hydrogens (tertiary/aromatic N) is 3. The summed E-state index contributed by atoms with van der Waals surface area (Å²) in [6.45, 7) is 4.24. The predicted molar refractivity (Wildman–Crippen MR) is 82.2 cm³/mol. The van der Waals surface area contributed by atoms with E-state index in [0.29, 0.717) is 0 Å². The van der Waals surface area contributed by atoms with Gasteiger partial charge in [-0.2, -0.15) is 5.10 Å². The summed E-state index contributed by atoms with van der Waals surface area (Å²) in [5.41, 5.74) is 4.42. The molecule has 0 unspecified atom stereocenters. The first-order valence-electron chi connectivity index (χ1n) is 7.19. The molecule has 0 radical (unpaired) electrons. The van der Waals surface area contributed by atoms with Gasteiger partial charge in [0.05, 0.1) is 16.9 Å². The maximum atomic E-state index is 4.66. The summed E-state index contributed by atoms with van der Waals surface area (Å²) in [4.78, 5) is 4.56. The Hall–Kier alpha value is -2.16. The molecule has 3 heteroatoms. The van der Waals surface area contributed by atoms with Crippen LogP contribution >= 0.6 is 0 Å². The Balaban J connectivity index is 2.12. The van der Waals surface area contributed by atoms with Gasteiger partial charge in [0, 0.05) is 17.3 Å². The monoisotopic (exact) mass is 265 g/mol. The molecule has 0 atom stereocenters. The molecule has 2 aromatic heterocycles. The highest BCUT2D eigenvalue weighted by Crippen LogP contribution is 2.22. The Morgan fingerprint density at radius 3 is 2.70 bits per heavy atom. The van der Waals surface area contributed by atoms with Crippen LogP contribution in [0, 0.1) is 6.92 Å². The van der Waals surface area contributed by atoms with Crippen LogP contribution in [0.15, 0.2) is 42.6 Å². The molecular weight excluding hydrogens is 246 g/mol. The van der Waals surface area contributed by atoms with Crippen molar-refractivity contribution in [1.29, 1.82) is 0 Å². The molecule has 3 aromatic rings. The SMILES string of the molecule is CCCCc1cc2c(cn1)c(C)nn2-c1ccccc1. The lowest BCUT2D eigenvalue weighted by Gasteiger charge is -2.04. The van der Waals surface area contributed by atoms with Crippen molar-refractivity contribution in [2.24, 2.45) is 0 Å². The van der Waals surface area contributed by atoms with E-state index in [-0.39, 0.29) is 0 Å². The summed E-state index contributed by atoms with van der Waals surface area (Å²) < 4.78 is 2.02. The van der Waals surface area contributed by atoms with E-state index in [4.69, 9.17) is 0 Å². The molecule has 0 saturated heterocycles. The fraction of sp³-hybridized carbons (Fsp3) is 0.294. The molecule has 0 spiro atoms. The van der Waals surface area contributed by atoms with Crippen LogP contribution in [0.2, 0.25) is 0 Å². The van der Waals surface area contributed by atoms with Crippen molar-refractivity contribution in [1.82, 2.24) is 14.8 Å². The van der Waals surface area contributed by atoms with Gasteiger partial charge < -0.3 is 0 Å². The molecule has 0 bridgehead atoms. The Morgan fingerprint density at radius 2 is 1.95 bits per heavy atom. The maximum Gasteiger partial charge on any atom is 0.0777 e. The summed E-state index contributed by atoms with van der Waals surface area (Å²) in [5, 5.41) is 5.79. The van der Waals surface area contributed by atoms with Crippen molar-refractivity contribution < 1.29 is 0 Å². The van der Waals surface area contributed by atoms with Crippen LogP contribution in [-0.2, 0) is 6.42 Å². The van der Waals surface area contributed by atoms with E-state index in [1.54, 1.807) is 0 Å². The second-order valence-corrected chi connectivity index (χ2v) is 5.13. The highest BCUT2D eigenvalue weighted by molar-refractivity contribution is 5.82. The van der Waals surface area contributed by atoms with Gasteiger partial charge in [0.15, 0.2) is 0 Å². The van der Waals surface area contributed by atoms with E-state index < -0.39 is 0 Å². The number of pyridine rings is 1. The number of rotatable bonds is 4. The van der Waals surface area contributed by atoms with E-state index in [2.05, 4.69) is 35.2 Å². The minimum absolute atomic E-state index is 1.03. The number of aryl methyl sites for hydroxylation is 2. The molecular formula is C17H19N3. The molecule has 0 N–H and O–H groups in total. The molecule has 0 saturated carbocycles. The van der Waals surface area contributed by atoms with Crippen molar-refractivity contribution >= 4 is 10.9 Å². The Bertz CT molecular complexity index is 714. The van der Waals surface area contributed by atoms with Crippen LogP contribution in [0.3, 0.4) is 0 Å². The minimum atomic E-state index is 1.03. The average molecular weight is 265 g/mol. The summed E-state index contributed by atoms with van der Waals surface area (Å²) in [5.74, 6) is 0. The Labute approximate surface area is 119 Å². The molecule has 102 valence electrons. The lowest BCUT2D eigenvalue weighted by Crippen LogP contribution is -1.97. The summed E-state index contributed by atoms with van der Waals surface area (Å²) in [7, 11) is 0. The molecule has 0 aliphatic rings. The van der Waals surface area contributed by atoms with Crippen molar-refractivity contribution in [3.05, 3.63) is 54.0 Å². The number of fused-ring (bicyclic) bond motifs is 1. The number of hydrogen-bond donors (Lipinski definition) is 0. The highest BCUT2D eigenvalue weighted by Gasteiger charge is 2.10. The van der Waals surface area contributed by atoms with Crippen LogP contribution in [0.5, 0.6) is 0 Å². The molecule has 20 heavy (non-hydrogen) atoms. The average Bonchev–Trinajstić information content (AvgIpc) is 2.83. The van der Waals surface area contributed by atoms with Gasteiger partial charge >= 0.3 is 0 Å². The van der Waals surface area contributed by atoms with Crippen LogP contribution in [0.1, 0.15) is 31.2 Å². The minimum Gasteiger partial charge on any atom is -0.260 e. The van der Waals surface area contributed by atoms with Gasteiger partial charge in [-0.15, -0.1) is 0 Å². The zero-order valence-electron chi connectivity index (χ0n) is 12.0. The third kappa shape index (κ3) is 2.31. The van der Waals surface area contributed by atoms with Gasteiger partial charge in [0.1, 0.15) is 0 Å². The molecule has 3 nitrogen and oxygen atoms in total. The number of unbranched alkanes of at least 4 members (excludes halogenated alkanes) is 1. The van der Waals surface area contributed by atoms with Crippen LogP contribution in [0.4, 0.5) is 0 Å². The third-order valence-electron chi connectivity index (χ3n) is 3.59. The number of benzene rings is 1. The van der Waals surface area contributed by atoms with Crippen molar-refractivity contribution in [2.75, 3.05) is 0 Å². The molecule has 0 aliphatic heterocycles. The van der Waals surface area contributed by atoms with E-state index in [9.17, 15) is 0 Å². The van der Waals surface area contributed by atoms with Gasteiger partial charge in [-0.25, -0.2) is 4.68 Å². The van der Waals surface area contributed by atoms with Crippen LogP contribution in [0.25, 0.3) is 16.6 Å². The number of aromatic nitrogens is 3. The second-order valence-electron chi connectivity index (χ2n) is 5.13. The smallest absolute Gasteiger partial charge is 0.0777 e. The second kappa shape index (κ2) is 5.45. The molecule has 3 rings (SSSR count). The van der Waals surface area contributed by atoms with Crippen molar-refractivity contribution in [3.63, 3.8) is 0 Å². The van der Waals surface area contributed by atoms with E-state index in [1.165, 1.54) is 12.8 Å². The van der Waals surface area contributed by atoms with Crippen LogP contribution in [-0.4, -0.2) is 14.8 Å². The lowest BCUT2D eigenvalue weighted by atomic mass is 10.1. The van der Waals surface area contributed by atoms with Gasteiger partial charge in [0.25, 0.3) is 0 Å². The Kier molecular flexibility index (Phi) is 3.50. The largest absolute Gasteiger partial charge is 0.260 e. The first-order valence-corrected chi connectivity index (χ1v) is 7.19. The highest BCUT2D eigenvalue weighted by atomic mass is 15.3. The first kappa shape index (κ1) is 12.9. The fourth-order valence-electron chi connectivity index (χ4n) is 2.46. The van der Waals surface area contributed by atoms with E-state index in [1.807, 2.05) is 36.0 Å². The summed E-state index contributed by atoms with van der Waals surface area (Å²) in [6, 6.07) is 12.4. The van der Waals surface area contributed by atoms with E-state index >= 15 is 0 Å². The van der Waals surface area contributed by atoms with Gasteiger partial charge in [-0.3, -0.25) is 4.98 Å². The van der Waals surface area contributed by atoms with E-state index in [0.717, 1.165) is 34.4 Å². The quantitative estimate of drug-likeness (QED) is 0.712. The third-order valence-corrected chi connectivity index (χ3v) is 3.59. The molecule has 0 aliphatic carbocycles. The lowest BCUT2D eigenvalue weighted by molar-refractivity contribution is 0.777. The van der Waals surface area contributed by atoms with Crippen molar-refractivity contribution in [2.45, 2.75) is 33.1 Å². The first-order chi connectivity index (χ1) is 9.79. The molecule has 2 heterocycles. The normalized spacial score (nSPS) is 11.1. The topological polar surface area (TPSA) is 30.7 Å². The predicted octanol–water partition coefficient (Wildman–Crippen LogP) is 4.07. The van der Waals surface area contributed by atoms with Crippen molar-refractivity contribution in [3.8, 4) is 5.69 Å². The zero-order valence-corrected chi connectivity index (χ0v) is 12.0. The maximum absolute atomic E-state index is 4.66. The van der Waals surface area contributed by atoms with Gasteiger partial charge in [-0.1, -0.05) is 31.5 Å². The van der Waals surface area contributed by atoms with Gasteiger partial charge in [0.2, 0.25) is 0 Å². The fourth-order valence-corrected chi connectivity index (χ4v) is 2.46. The zero-order chi connectivity index (χ0) is 13.9. The van der Waals surface area contributed by atoms with Gasteiger partial charge in [-0.05, 0) is 38.0 Å². The van der Waals surface area contributed by atoms with Crippen LogP contribution < -0.4 is 0 Å². The summed E-state index contributed by atoms with van der Waals surface area (Å²) in [6.07, 6.45) is 5.36. The number of para-hydroxylation sites is 1. The molecule has 0 fully saturated rings. The number of hydrogen-bond acceptors (Lipinski definition) is 2.